The van der Waals surface area contributed by atoms with Crippen molar-refractivity contribution in [3.63, 3.8) is 0 Å². The van der Waals surface area contributed by atoms with Crippen molar-refractivity contribution >= 4 is 22.9 Å². The molecule has 29 heavy (non-hydrogen) atoms. The average Bonchev–Trinajstić information content (AvgIpc) is 3.12. The summed E-state index contributed by atoms with van der Waals surface area (Å²) in [5.41, 5.74) is 3.85. The first-order valence-corrected chi connectivity index (χ1v) is 9.75. The minimum atomic E-state index is -0.832. The van der Waals surface area contributed by atoms with Crippen molar-refractivity contribution in [1.82, 2.24) is 29.7 Å². The van der Waals surface area contributed by atoms with Gasteiger partial charge in [0.05, 0.1) is 43.8 Å². The summed E-state index contributed by atoms with van der Waals surface area (Å²) in [6, 6.07) is 0. The number of fused-ring (bicyclic) bond motifs is 1. The van der Waals surface area contributed by atoms with Crippen molar-refractivity contribution < 1.29 is 9.13 Å². The van der Waals surface area contributed by atoms with Gasteiger partial charge in [-0.15, -0.1) is 0 Å². The van der Waals surface area contributed by atoms with Gasteiger partial charge in [-0.2, -0.15) is 15.1 Å². The Balaban J connectivity index is 1.53. The summed E-state index contributed by atoms with van der Waals surface area (Å²) in [5, 5.41) is 4.24. The van der Waals surface area contributed by atoms with Gasteiger partial charge in [0.1, 0.15) is 12.3 Å². The summed E-state index contributed by atoms with van der Waals surface area (Å²) in [7, 11) is 1.89. The third-order valence-corrected chi connectivity index (χ3v) is 5.49. The van der Waals surface area contributed by atoms with Crippen molar-refractivity contribution in [1.29, 1.82) is 0 Å². The second kappa shape index (κ2) is 6.87. The summed E-state index contributed by atoms with van der Waals surface area (Å²) >= 11 is 0. The third-order valence-electron chi connectivity index (χ3n) is 5.49. The first kappa shape index (κ1) is 18.2. The van der Waals surface area contributed by atoms with Crippen LogP contribution < -0.4 is 9.80 Å². The van der Waals surface area contributed by atoms with Crippen LogP contribution in [-0.4, -0.2) is 68.7 Å². The lowest BCUT2D eigenvalue weighted by atomic mass is 10.1. The molecule has 2 saturated heterocycles. The number of rotatable bonds is 3. The van der Waals surface area contributed by atoms with E-state index in [4.69, 9.17) is 14.7 Å². The fraction of sp³-hybridized carbons (Fsp3) is 0.526. The van der Waals surface area contributed by atoms with Crippen LogP contribution >= 0.6 is 0 Å². The van der Waals surface area contributed by atoms with Crippen LogP contribution in [0.2, 0.25) is 0 Å². The molecule has 9 nitrogen and oxygen atoms in total. The molecule has 0 aliphatic carbocycles. The molecule has 2 aliphatic heterocycles. The summed E-state index contributed by atoms with van der Waals surface area (Å²) in [6.07, 6.45) is 2.84. The molecule has 5 rings (SSSR count). The molecule has 0 spiro atoms. The molecule has 1 atom stereocenters. The minimum Gasteiger partial charge on any atom is -0.370 e. The topological polar surface area (TPSA) is 85.1 Å². The number of aromatic nitrogens is 6. The summed E-state index contributed by atoms with van der Waals surface area (Å²) < 4.78 is 21.2. The Hall–Kier alpha value is -2.88. The van der Waals surface area contributed by atoms with Gasteiger partial charge in [-0.05, 0) is 13.8 Å². The Kier molecular flexibility index (Phi) is 4.30. The van der Waals surface area contributed by atoms with E-state index < -0.39 is 6.17 Å². The zero-order valence-electron chi connectivity index (χ0n) is 16.7. The van der Waals surface area contributed by atoms with Gasteiger partial charge in [-0.25, -0.2) is 14.4 Å². The van der Waals surface area contributed by atoms with Crippen molar-refractivity contribution in [2.24, 2.45) is 7.05 Å². The van der Waals surface area contributed by atoms with Gasteiger partial charge in [-0.1, -0.05) is 0 Å². The molecule has 2 fully saturated rings. The number of hydrogen-bond acceptors (Lipinski definition) is 8. The number of hydrogen-bond donors (Lipinski definition) is 0. The Morgan fingerprint density at radius 1 is 1.03 bits per heavy atom. The number of nitrogens with zero attached hydrogens (tertiary/aromatic N) is 8. The molecule has 0 bridgehead atoms. The van der Waals surface area contributed by atoms with Crippen LogP contribution in [0.1, 0.15) is 23.1 Å². The Morgan fingerprint density at radius 2 is 1.83 bits per heavy atom. The van der Waals surface area contributed by atoms with Gasteiger partial charge in [0.2, 0.25) is 5.95 Å². The second-order valence-corrected chi connectivity index (χ2v) is 7.67. The van der Waals surface area contributed by atoms with Crippen LogP contribution in [0.25, 0.3) is 11.2 Å². The van der Waals surface area contributed by atoms with E-state index in [1.54, 1.807) is 4.68 Å². The predicted octanol–water partition coefficient (Wildman–Crippen LogP) is 1.51. The number of alkyl halides is 1. The van der Waals surface area contributed by atoms with Crippen molar-refractivity contribution in [2.75, 3.05) is 42.6 Å². The van der Waals surface area contributed by atoms with Crippen LogP contribution in [0.4, 0.5) is 16.2 Å². The smallest absolute Gasteiger partial charge is 0.229 e. The van der Waals surface area contributed by atoms with Gasteiger partial charge in [0.25, 0.3) is 0 Å². The maximum Gasteiger partial charge on any atom is 0.229 e. The van der Waals surface area contributed by atoms with Gasteiger partial charge in [0.15, 0.2) is 17.0 Å². The summed E-state index contributed by atoms with van der Waals surface area (Å²) in [5.74, 6) is 1.23. The minimum absolute atomic E-state index is 0.106. The molecular formula is C19H23FN8O. The van der Waals surface area contributed by atoms with E-state index in [0.717, 1.165) is 17.0 Å². The molecule has 0 radical (unpaired) electrons. The first-order valence-electron chi connectivity index (χ1n) is 9.75. The normalized spacial score (nSPS) is 20.3. The quantitative estimate of drug-likeness (QED) is 0.656. The molecule has 0 unspecified atom stereocenters. The van der Waals surface area contributed by atoms with Gasteiger partial charge in [-0.3, -0.25) is 4.68 Å². The van der Waals surface area contributed by atoms with Gasteiger partial charge in [0, 0.05) is 25.4 Å². The number of aryl methyl sites for hydroxylation is 3. The van der Waals surface area contributed by atoms with Gasteiger partial charge < -0.3 is 14.5 Å². The van der Waals surface area contributed by atoms with E-state index in [0.29, 0.717) is 55.7 Å². The van der Waals surface area contributed by atoms with E-state index in [9.17, 15) is 4.39 Å². The average molecular weight is 398 g/mol. The first-order chi connectivity index (χ1) is 14.0. The fourth-order valence-corrected chi connectivity index (χ4v) is 3.69. The van der Waals surface area contributed by atoms with Crippen LogP contribution in [0.3, 0.4) is 0 Å². The Labute approximate surface area is 167 Å². The van der Waals surface area contributed by atoms with E-state index in [-0.39, 0.29) is 6.10 Å². The predicted molar refractivity (Wildman–Crippen MR) is 106 cm³/mol. The standard InChI is InChI=1S/C19H23FN8O/c1-11-12(2)23-17-16(22-11)18(28-8-14(20)9-28)25-19(24-17)27-4-5-29-15(10-27)13-6-21-26(3)7-13/h6-7,14-15H,4-5,8-10H2,1-3H3/t15-/m0/s1. The maximum atomic E-state index is 13.5. The fourth-order valence-electron chi connectivity index (χ4n) is 3.69. The van der Waals surface area contributed by atoms with Crippen molar-refractivity contribution in [3.8, 4) is 0 Å². The monoisotopic (exact) mass is 398 g/mol. The number of ether oxygens (including phenoxy) is 1. The highest BCUT2D eigenvalue weighted by molar-refractivity contribution is 5.85. The van der Waals surface area contributed by atoms with E-state index in [2.05, 4.69) is 20.0 Å². The van der Waals surface area contributed by atoms with Crippen LogP contribution in [0, 0.1) is 13.8 Å². The van der Waals surface area contributed by atoms with E-state index in [1.807, 2.05) is 38.2 Å². The Bertz CT molecular complexity index is 1060. The molecular weight excluding hydrogens is 375 g/mol. The molecule has 0 amide bonds. The molecule has 152 valence electrons. The highest BCUT2D eigenvalue weighted by Crippen LogP contribution is 2.31. The third kappa shape index (κ3) is 3.27. The van der Waals surface area contributed by atoms with E-state index >= 15 is 0 Å². The molecule has 3 aromatic rings. The molecule has 0 saturated carbocycles. The van der Waals surface area contributed by atoms with E-state index in [1.165, 1.54) is 0 Å². The second-order valence-electron chi connectivity index (χ2n) is 7.67. The van der Waals surface area contributed by atoms with Crippen LogP contribution in [0.5, 0.6) is 0 Å². The van der Waals surface area contributed by atoms with Crippen LogP contribution in [0.15, 0.2) is 12.4 Å². The van der Waals surface area contributed by atoms with Crippen molar-refractivity contribution in [2.45, 2.75) is 26.1 Å². The lowest BCUT2D eigenvalue weighted by Crippen LogP contribution is -2.49. The number of halogens is 1. The highest BCUT2D eigenvalue weighted by Gasteiger charge is 2.32. The molecule has 0 aromatic carbocycles. The summed E-state index contributed by atoms with van der Waals surface area (Å²) in [6.45, 7) is 6.31. The van der Waals surface area contributed by atoms with Crippen molar-refractivity contribution in [3.05, 3.63) is 29.3 Å². The molecule has 0 N–H and O–H groups in total. The largest absolute Gasteiger partial charge is 0.370 e. The molecule has 5 heterocycles. The zero-order chi connectivity index (χ0) is 20.1. The zero-order valence-corrected chi connectivity index (χ0v) is 16.7. The number of anilines is 2. The molecule has 2 aliphatic rings. The maximum absolute atomic E-state index is 13.5. The highest BCUT2D eigenvalue weighted by atomic mass is 19.1. The Morgan fingerprint density at radius 3 is 2.55 bits per heavy atom. The molecule has 10 heteroatoms. The molecule has 3 aromatic heterocycles. The lowest BCUT2D eigenvalue weighted by molar-refractivity contribution is 0.0392. The van der Waals surface area contributed by atoms with Gasteiger partial charge >= 0.3 is 0 Å². The lowest BCUT2D eigenvalue weighted by Gasteiger charge is -2.37. The SMILES string of the molecule is Cc1nc2nc(N3CCO[C@H](c4cnn(C)c4)C3)nc(N3CC(F)C3)c2nc1C. The number of morpholine rings is 1. The summed E-state index contributed by atoms with van der Waals surface area (Å²) in [4.78, 5) is 22.7. The van der Waals surface area contributed by atoms with Crippen LogP contribution in [-0.2, 0) is 11.8 Å².